The lowest BCUT2D eigenvalue weighted by Crippen LogP contribution is -2.37. The largest absolute Gasteiger partial charge is 0.486 e. The minimum Gasteiger partial charge on any atom is -0.486 e. The summed E-state index contributed by atoms with van der Waals surface area (Å²) >= 11 is 0. The minimum atomic E-state index is -1.44. The molecule has 1 heterocycles. The molecule has 36 heavy (non-hydrogen) atoms. The van der Waals surface area contributed by atoms with Crippen LogP contribution in [0.3, 0.4) is 0 Å². The first-order valence-corrected chi connectivity index (χ1v) is 12.2. The molecule has 0 amide bonds. The van der Waals surface area contributed by atoms with Crippen LogP contribution in [-0.4, -0.2) is 23.7 Å². The van der Waals surface area contributed by atoms with Crippen molar-refractivity contribution in [3.8, 4) is 5.75 Å². The van der Waals surface area contributed by atoms with Crippen LogP contribution in [0.5, 0.6) is 5.75 Å². The van der Waals surface area contributed by atoms with Crippen molar-refractivity contribution in [2.24, 2.45) is 0 Å². The number of carboxylic acids is 1. The molecule has 2 atom stereocenters. The number of hydrogen-bond donors (Lipinski definition) is 1. The van der Waals surface area contributed by atoms with Gasteiger partial charge in [-0.1, -0.05) is 61.5 Å². The lowest BCUT2D eigenvalue weighted by atomic mass is 9.90. The summed E-state index contributed by atoms with van der Waals surface area (Å²) in [6.45, 7) is 2.56. The fourth-order valence-corrected chi connectivity index (χ4v) is 5.07. The van der Waals surface area contributed by atoms with Gasteiger partial charge in [0.1, 0.15) is 23.5 Å². The van der Waals surface area contributed by atoms with Crippen molar-refractivity contribution in [1.29, 1.82) is 0 Å². The van der Waals surface area contributed by atoms with Crippen LogP contribution in [0.25, 0.3) is 10.8 Å². The summed E-state index contributed by atoms with van der Waals surface area (Å²) in [7, 11) is 0. The summed E-state index contributed by atoms with van der Waals surface area (Å²) in [5.74, 6) is -2.39. The summed E-state index contributed by atoms with van der Waals surface area (Å²) in [6, 6.07) is 23.7. The quantitative estimate of drug-likeness (QED) is 0.290. The maximum atomic E-state index is 14.9. The molecular weight excluding hydrogens is 460 g/mol. The molecule has 5 rings (SSSR count). The molecule has 0 bridgehead atoms. The number of aromatic carboxylic acids is 1. The van der Waals surface area contributed by atoms with Crippen LogP contribution in [-0.2, 0) is 0 Å². The third kappa shape index (κ3) is 4.63. The molecule has 0 radical (unpaired) electrons. The molecule has 1 aliphatic rings. The molecular formula is C30H27F2NO3. The molecule has 0 saturated heterocycles. The van der Waals surface area contributed by atoms with Crippen LogP contribution < -0.4 is 9.64 Å². The van der Waals surface area contributed by atoms with Gasteiger partial charge in [-0.05, 0) is 59.7 Å². The van der Waals surface area contributed by atoms with Gasteiger partial charge >= 0.3 is 5.97 Å². The summed E-state index contributed by atoms with van der Waals surface area (Å²) in [6.07, 6.45) is 2.38. The van der Waals surface area contributed by atoms with Crippen LogP contribution in [0.2, 0.25) is 0 Å². The number of halogens is 2. The fourth-order valence-electron chi connectivity index (χ4n) is 5.07. The monoisotopic (exact) mass is 487 g/mol. The molecule has 0 spiro atoms. The van der Waals surface area contributed by atoms with Gasteiger partial charge in [-0.15, -0.1) is 0 Å². The lowest BCUT2D eigenvalue weighted by molar-refractivity contribution is 0.0692. The zero-order chi connectivity index (χ0) is 25.2. The van der Waals surface area contributed by atoms with Crippen molar-refractivity contribution < 1.29 is 23.4 Å². The molecule has 1 unspecified atom stereocenters. The number of ether oxygens (including phenoxy) is 1. The molecule has 184 valence electrons. The van der Waals surface area contributed by atoms with E-state index in [1.807, 2.05) is 18.2 Å². The lowest BCUT2D eigenvalue weighted by Gasteiger charge is -2.36. The first kappa shape index (κ1) is 23.8. The number of carboxylic acid groups (broad SMARTS) is 1. The average Bonchev–Trinajstić information content (AvgIpc) is 2.87. The van der Waals surface area contributed by atoms with Gasteiger partial charge in [-0.3, -0.25) is 0 Å². The predicted octanol–water partition coefficient (Wildman–Crippen LogP) is 7.69. The summed E-state index contributed by atoms with van der Waals surface area (Å²) in [5, 5.41) is 11.8. The van der Waals surface area contributed by atoms with Gasteiger partial charge in [-0.2, -0.15) is 0 Å². The highest BCUT2D eigenvalue weighted by molar-refractivity contribution is 5.90. The van der Waals surface area contributed by atoms with Crippen molar-refractivity contribution in [3.05, 3.63) is 102 Å². The van der Waals surface area contributed by atoms with Crippen molar-refractivity contribution in [2.75, 3.05) is 11.4 Å². The van der Waals surface area contributed by atoms with E-state index in [0.29, 0.717) is 30.0 Å². The second-order valence-corrected chi connectivity index (χ2v) is 9.31. The van der Waals surface area contributed by atoms with Crippen molar-refractivity contribution in [3.63, 3.8) is 0 Å². The second kappa shape index (κ2) is 9.97. The van der Waals surface area contributed by atoms with E-state index in [9.17, 15) is 18.7 Å². The predicted molar refractivity (Wildman–Crippen MR) is 137 cm³/mol. The molecule has 6 heteroatoms. The van der Waals surface area contributed by atoms with Gasteiger partial charge in [0.2, 0.25) is 0 Å². The normalized spacial score (nSPS) is 15.9. The maximum Gasteiger partial charge on any atom is 0.338 e. The number of nitrogens with zero attached hydrogens (tertiary/aromatic N) is 1. The molecule has 0 aromatic heterocycles. The average molecular weight is 488 g/mol. The number of carbonyl (C=O) groups is 1. The summed E-state index contributed by atoms with van der Waals surface area (Å²) in [4.78, 5) is 13.2. The molecule has 0 saturated carbocycles. The van der Waals surface area contributed by atoms with E-state index in [2.05, 4.69) is 43.3 Å². The first-order chi connectivity index (χ1) is 17.4. The molecule has 4 aromatic rings. The maximum absolute atomic E-state index is 14.9. The fraction of sp³-hybridized carbons (Fsp3) is 0.233. The SMILES string of the molecule is C[C@@H](CCCC1CN(c2cc(C(=O)O)c(F)cc2F)c2ccccc2O1)c1cccc2ccccc12. The Labute approximate surface area is 208 Å². The highest BCUT2D eigenvalue weighted by Crippen LogP contribution is 2.40. The zero-order valence-electron chi connectivity index (χ0n) is 20.0. The van der Waals surface area contributed by atoms with Crippen LogP contribution >= 0.6 is 0 Å². The third-order valence-electron chi connectivity index (χ3n) is 6.91. The van der Waals surface area contributed by atoms with Gasteiger partial charge in [-0.25, -0.2) is 13.6 Å². The number of fused-ring (bicyclic) bond motifs is 2. The van der Waals surface area contributed by atoms with Gasteiger partial charge in [0, 0.05) is 6.07 Å². The number of rotatable bonds is 7. The highest BCUT2D eigenvalue weighted by atomic mass is 19.1. The number of benzene rings is 4. The number of hydrogen-bond acceptors (Lipinski definition) is 3. The van der Waals surface area contributed by atoms with Crippen LogP contribution in [0, 0.1) is 11.6 Å². The smallest absolute Gasteiger partial charge is 0.338 e. The van der Waals surface area contributed by atoms with E-state index >= 15 is 0 Å². The Kier molecular flexibility index (Phi) is 6.59. The first-order valence-electron chi connectivity index (χ1n) is 12.2. The number of para-hydroxylation sites is 2. The second-order valence-electron chi connectivity index (χ2n) is 9.31. The Bertz CT molecular complexity index is 1420. The number of anilines is 2. The molecule has 0 aliphatic carbocycles. The van der Waals surface area contributed by atoms with Crippen LogP contribution in [0.1, 0.15) is 48.0 Å². The standard InChI is InChI=1S/C30H27F2NO3/c1-19(22-13-7-10-20-9-2-3-12-23(20)22)8-6-11-21-18-33(27-14-4-5-15-29(27)36-21)28-16-24(30(34)35)25(31)17-26(28)32/h2-5,7,9-10,12-17,19,21H,6,8,11,18H2,1H3,(H,34,35)/t19-,21?/m0/s1. The van der Waals surface area contributed by atoms with E-state index in [1.165, 1.54) is 16.3 Å². The van der Waals surface area contributed by atoms with E-state index < -0.39 is 23.2 Å². The summed E-state index contributed by atoms with van der Waals surface area (Å²) < 4.78 is 35.1. The topological polar surface area (TPSA) is 49.8 Å². The molecule has 1 N–H and O–H groups in total. The molecule has 0 fully saturated rings. The van der Waals surface area contributed by atoms with Crippen molar-refractivity contribution in [2.45, 2.75) is 38.2 Å². The summed E-state index contributed by atoms with van der Waals surface area (Å²) in [5.41, 5.74) is 1.41. The van der Waals surface area contributed by atoms with Gasteiger partial charge < -0.3 is 14.7 Å². The van der Waals surface area contributed by atoms with Crippen molar-refractivity contribution in [1.82, 2.24) is 0 Å². The van der Waals surface area contributed by atoms with E-state index in [-0.39, 0.29) is 11.8 Å². The Balaban J connectivity index is 1.34. The third-order valence-corrected chi connectivity index (χ3v) is 6.91. The Morgan fingerprint density at radius 2 is 1.75 bits per heavy atom. The Morgan fingerprint density at radius 1 is 1.00 bits per heavy atom. The van der Waals surface area contributed by atoms with Gasteiger partial charge in [0.25, 0.3) is 0 Å². The molecule has 4 aromatic carbocycles. The Morgan fingerprint density at radius 3 is 2.58 bits per heavy atom. The van der Waals surface area contributed by atoms with Gasteiger partial charge in [0.15, 0.2) is 0 Å². The van der Waals surface area contributed by atoms with E-state index in [4.69, 9.17) is 4.74 Å². The molecule has 4 nitrogen and oxygen atoms in total. The van der Waals surface area contributed by atoms with Crippen LogP contribution in [0.4, 0.5) is 20.2 Å². The van der Waals surface area contributed by atoms with E-state index in [1.54, 1.807) is 17.0 Å². The molecule has 1 aliphatic heterocycles. The minimum absolute atomic E-state index is 0.0265. The van der Waals surface area contributed by atoms with Crippen LogP contribution in [0.15, 0.2) is 78.9 Å². The Hall–Kier alpha value is -3.93. The van der Waals surface area contributed by atoms with Gasteiger partial charge in [0.05, 0.1) is 23.5 Å². The van der Waals surface area contributed by atoms with Crippen molar-refractivity contribution >= 4 is 28.1 Å². The highest BCUT2D eigenvalue weighted by Gasteiger charge is 2.29. The van der Waals surface area contributed by atoms with E-state index in [0.717, 1.165) is 25.3 Å². The zero-order valence-corrected chi connectivity index (χ0v) is 20.0.